The molecule has 3 heteroatoms. The highest BCUT2D eigenvalue weighted by molar-refractivity contribution is 5.77. The number of allylic oxidation sites excluding steroid dienone is 1. The van der Waals surface area contributed by atoms with E-state index in [4.69, 9.17) is 4.74 Å². The van der Waals surface area contributed by atoms with Gasteiger partial charge in [-0.05, 0) is 32.1 Å². The molecule has 0 saturated carbocycles. The molecule has 3 nitrogen and oxygen atoms in total. The van der Waals surface area contributed by atoms with Gasteiger partial charge in [-0.15, -0.1) is 0 Å². The maximum atomic E-state index is 9.87. The second-order valence-electron chi connectivity index (χ2n) is 6.64. The summed E-state index contributed by atoms with van der Waals surface area (Å²) in [5.41, 5.74) is 0. The molecule has 0 radical (unpaired) electrons. The van der Waals surface area contributed by atoms with Crippen molar-refractivity contribution in [2.75, 3.05) is 13.2 Å². The van der Waals surface area contributed by atoms with Gasteiger partial charge in [0.05, 0.1) is 12.6 Å². The molecule has 23 heavy (non-hydrogen) atoms. The number of aliphatic imine (C=N–C) groups is 1. The van der Waals surface area contributed by atoms with Crippen molar-refractivity contribution in [3.05, 3.63) is 12.2 Å². The van der Waals surface area contributed by atoms with Crippen molar-refractivity contribution in [1.29, 1.82) is 0 Å². The third-order valence-electron chi connectivity index (χ3n) is 4.38. The van der Waals surface area contributed by atoms with Gasteiger partial charge in [-0.3, -0.25) is 4.99 Å². The molecule has 1 rings (SSSR count). The van der Waals surface area contributed by atoms with E-state index in [0.717, 1.165) is 44.7 Å². The van der Waals surface area contributed by atoms with Crippen LogP contribution in [0.4, 0.5) is 0 Å². The van der Waals surface area contributed by atoms with Crippen LogP contribution in [-0.4, -0.2) is 30.3 Å². The highest BCUT2D eigenvalue weighted by Crippen LogP contribution is 2.11. The standard InChI is InChI=1S/C20H37NO2/c1-2-3-4-11-14-19(22)15-12-9-7-5-6-8-10-13-16-20-21-17-18-23-20/h9,12,19,22H,2-8,10-11,13-18H2,1H3/b12-9-. The fourth-order valence-corrected chi connectivity index (χ4v) is 2.90. The van der Waals surface area contributed by atoms with Crippen LogP contribution in [0.3, 0.4) is 0 Å². The molecule has 0 amide bonds. The Bertz CT molecular complexity index is 326. The van der Waals surface area contributed by atoms with Crippen LogP contribution in [0.1, 0.15) is 90.4 Å². The number of ether oxygens (including phenoxy) is 1. The lowest BCUT2D eigenvalue weighted by atomic mass is 10.1. The van der Waals surface area contributed by atoms with E-state index in [0.29, 0.717) is 0 Å². The van der Waals surface area contributed by atoms with E-state index in [2.05, 4.69) is 24.1 Å². The first-order valence-corrected chi connectivity index (χ1v) is 9.82. The third-order valence-corrected chi connectivity index (χ3v) is 4.38. The van der Waals surface area contributed by atoms with Gasteiger partial charge in [0.15, 0.2) is 5.90 Å². The summed E-state index contributed by atoms with van der Waals surface area (Å²) in [5, 5.41) is 9.87. The molecule has 134 valence electrons. The van der Waals surface area contributed by atoms with Crippen LogP contribution >= 0.6 is 0 Å². The lowest BCUT2D eigenvalue weighted by Gasteiger charge is -2.07. The minimum absolute atomic E-state index is 0.135. The summed E-state index contributed by atoms with van der Waals surface area (Å²) in [5.74, 6) is 0.973. The Labute approximate surface area is 143 Å². The monoisotopic (exact) mass is 323 g/mol. The highest BCUT2D eigenvalue weighted by atomic mass is 16.5. The number of hydrogen-bond acceptors (Lipinski definition) is 3. The van der Waals surface area contributed by atoms with Crippen LogP contribution in [0.5, 0.6) is 0 Å². The second-order valence-corrected chi connectivity index (χ2v) is 6.64. The number of aliphatic hydroxyl groups excluding tert-OH is 1. The summed E-state index contributed by atoms with van der Waals surface area (Å²) in [7, 11) is 0. The van der Waals surface area contributed by atoms with Gasteiger partial charge in [0, 0.05) is 6.42 Å². The average molecular weight is 324 g/mol. The van der Waals surface area contributed by atoms with Gasteiger partial charge < -0.3 is 9.84 Å². The Morgan fingerprint density at radius 3 is 2.61 bits per heavy atom. The molecule has 1 N–H and O–H groups in total. The van der Waals surface area contributed by atoms with Gasteiger partial charge in [-0.2, -0.15) is 0 Å². The van der Waals surface area contributed by atoms with E-state index in [1.54, 1.807) is 0 Å². The molecule has 1 aliphatic heterocycles. The van der Waals surface area contributed by atoms with Gasteiger partial charge in [0.1, 0.15) is 6.61 Å². The van der Waals surface area contributed by atoms with E-state index in [-0.39, 0.29) is 6.10 Å². The molecule has 0 saturated heterocycles. The fourth-order valence-electron chi connectivity index (χ4n) is 2.90. The van der Waals surface area contributed by atoms with Gasteiger partial charge in [-0.25, -0.2) is 0 Å². The summed E-state index contributed by atoms with van der Waals surface area (Å²) >= 11 is 0. The first-order valence-electron chi connectivity index (χ1n) is 9.82. The molecule has 1 atom stereocenters. The fraction of sp³-hybridized carbons (Fsp3) is 0.850. The van der Waals surface area contributed by atoms with Crippen LogP contribution in [0, 0.1) is 0 Å². The van der Waals surface area contributed by atoms with E-state index < -0.39 is 0 Å². The zero-order valence-corrected chi connectivity index (χ0v) is 15.1. The largest absolute Gasteiger partial charge is 0.479 e. The molecule has 1 heterocycles. The minimum Gasteiger partial charge on any atom is -0.479 e. The number of rotatable bonds is 15. The first kappa shape index (κ1) is 20.2. The molecule has 0 fully saturated rings. The second kappa shape index (κ2) is 14.7. The van der Waals surface area contributed by atoms with E-state index >= 15 is 0 Å². The predicted octanol–water partition coefficient (Wildman–Crippen LogP) is 5.42. The first-order chi connectivity index (χ1) is 11.3. The van der Waals surface area contributed by atoms with Crippen molar-refractivity contribution in [2.45, 2.75) is 96.5 Å². The molecule has 0 aromatic carbocycles. The van der Waals surface area contributed by atoms with Gasteiger partial charge in [0.2, 0.25) is 0 Å². The number of aliphatic hydroxyl groups is 1. The lowest BCUT2D eigenvalue weighted by Crippen LogP contribution is -2.04. The molecule has 0 aromatic heterocycles. The Kier molecular flexibility index (Phi) is 13.0. The summed E-state index contributed by atoms with van der Waals surface area (Å²) in [6.07, 6.45) is 19.6. The SMILES string of the molecule is CCCCCCC(O)C/C=C\CCCCCCCC1=NCCO1. The molecule has 0 bridgehead atoms. The average Bonchev–Trinajstić information content (AvgIpc) is 3.06. The normalized spacial score (nSPS) is 15.8. The maximum Gasteiger partial charge on any atom is 0.183 e. The quantitative estimate of drug-likeness (QED) is 0.323. The molecule has 1 aliphatic rings. The van der Waals surface area contributed by atoms with Crippen molar-refractivity contribution in [3.63, 3.8) is 0 Å². The summed E-state index contributed by atoms with van der Waals surface area (Å²) in [6.45, 7) is 3.86. The summed E-state index contributed by atoms with van der Waals surface area (Å²) in [6, 6.07) is 0. The van der Waals surface area contributed by atoms with Crippen LogP contribution in [0.2, 0.25) is 0 Å². The molecule has 1 unspecified atom stereocenters. The molecule has 0 aromatic rings. The molecular weight excluding hydrogens is 286 g/mol. The number of unbranched alkanes of at least 4 members (excludes halogenated alkanes) is 8. The van der Waals surface area contributed by atoms with Crippen LogP contribution in [-0.2, 0) is 4.74 Å². The Balaban J connectivity index is 1.80. The van der Waals surface area contributed by atoms with Gasteiger partial charge in [-0.1, -0.05) is 64.0 Å². The van der Waals surface area contributed by atoms with Crippen molar-refractivity contribution in [1.82, 2.24) is 0 Å². The number of hydrogen-bond donors (Lipinski definition) is 1. The van der Waals surface area contributed by atoms with Crippen LogP contribution < -0.4 is 0 Å². The van der Waals surface area contributed by atoms with E-state index in [1.165, 1.54) is 57.8 Å². The molecule has 0 spiro atoms. The molecular formula is C20H37NO2. The van der Waals surface area contributed by atoms with Gasteiger partial charge in [0.25, 0.3) is 0 Å². The van der Waals surface area contributed by atoms with Crippen LogP contribution in [0.15, 0.2) is 17.1 Å². The van der Waals surface area contributed by atoms with Crippen molar-refractivity contribution < 1.29 is 9.84 Å². The maximum absolute atomic E-state index is 9.87. The zero-order valence-electron chi connectivity index (χ0n) is 15.1. The third kappa shape index (κ3) is 12.3. The topological polar surface area (TPSA) is 41.8 Å². The lowest BCUT2D eigenvalue weighted by molar-refractivity contribution is 0.163. The van der Waals surface area contributed by atoms with Crippen molar-refractivity contribution in [2.24, 2.45) is 4.99 Å². The van der Waals surface area contributed by atoms with Gasteiger partial charge >= 0.3 is 0 Å². The Morgan fingerprint density at radius 2 is 1.83 bits per heavy atom. The van der Waals surface area contributed by atoms with E-state index in [9.17, 15) is 5.11 Å². The predicted molar refractivity (Wildman–Crippen MR) is 99.1 cm³/mol. The zero-order chi connectivity index (χ0) is 16.6. The molecule has 0 aliphatic carbocycles. The van der Waals surface area contributed by atoms with Crippen molar-refractivity contribution >= 4 is 5.90 Å². The minimum atomic E-state index is -0.135. The Morgan fingerprint density at radius 1 is 1.04 bits per heavy atom. The Hall–Kier alpha value is -0.830. The van der Waals surface area contributed by atoms with Crippen molar-refractivity contribution in [3.8, 4) is 0 Å². The summed E-state index contributed by atoms with van der Waals surface area (Å²) < 4.78 is 5.40. The smallest absolute Gasteiger partial charge is 0.183 e. The highest BCUT2D eigenvalue weighted by Gasteiger charge is 2.05. The van der Waals surface area contributed by atoms with Crippen LogP contribution in [0.25, 0.3) is 0 Å². The van der Waals surface area contributed by atoms with E-state index in [1.807, 2.05) is 0 Å². The number of nitrogens with zero attached hydrogens (tertiary/aromatic N) is 1. The summed E-state index contributed by atoms with van der Waals surface area (Å²) in [4.78, 5) is 4.31.